The summed E-state index contributed by atoms with van der Waals surface area (Å²) in [4.78, 5) is 0. The molecule has 0 aliphatic heterocycles. The zero-order valence-corrected chi connectivity index (χ0v) is 13.4. The topological polar surface area (TPSA) is 39.1 Å². The van der Waals surface area contributed by atoms with Crippen LogP contribution in [0.1, 0.15) is 33.4 Å². The van der Waals surface area contributed by atoms with Crippen LogP contribution in [0, 0.1) is 5.92 Å². The van der Waals surface area contributed by atoms with Gasteiger partial charge < -0.3 is 10.1 Å². The standard InChI is InChI=1S/C14H26ClN3O/c1-11(9-16-14(2,3)4)8-13-12(15)10-17-18(13)6-7-19-5/h10-11,16H,6-9H2,1-5H3. The van der Waals surface area contributed by atoms with Crippen LogP contribution < -0.4 is 5.32 Å². The van der Waals surface area contributed by atoms with E-state index < -0.39 is 0 Å². The number of nitrogens with one attached hydrogen (secondary N) is 1. The smallest absolute Gasteiger partial charge is 0.0817 e. The van der Waals surface area contributed by atoms with Gasteiger partial charge in [-0.3, -0.25) is 4.68 Å². The maximum absolute atomic E-state index is 6.21. The summed E-state index contributed by atoms with van der Waals surface area (Å²) in [5.41, 5.74) is 1.25. The molecule has 1 rings (SSSR count). The molecule has 0 aromatic carbocycles. The molecule has 5 heteroatoms. The molecule has 1 atom stereocenters. The van der Waals surface area contributed by atoms with E-state index in [1.807, 2.05) is 4.68 Å². The molecule has 0 spiro atoms. The first-order valence-corrected chi connectivity index (χ1v) is 7.15. The van der Waals surface area contributed by atoms with Crippen molar-refractivity contribution in [1.82, 2.24) is 15.1 Å². The number of halogens is 1. The molecular formula is C14H26ClN3O. The van der Waals surface area contributed by atoms with Crippen LogP contribution in [0.5, 0.6) is 0 Å². The summed E-state index contributed by atoms with van der Waals surface area (Å²) >= 11 is 6.21. The Labute approximate surface area is 121 Å². The first kappa shape index (κ1) is 16.5. The van der Waals surface area contributed by atoms with E-state index in [-0.39, 0.29) is 5.54 Å². The Morgan fingerprint density at radius 1 is 1.47 bits per heavy atom. The van der Waals surface area contributed by atoms with Gasteiger partial charge in [0.15, 0.2) is 0 Å². The number of methoxy groups -OCH3 is 1. The van der Waals surface area contributed by atoms with Crippen molar-refractivity contribution in [1.29, 1.82) is 0 Å². The third-order valence-electron chi connectivity index (χ3n) is 2.93. The fraction of sp³-hybridized carbons (Fsp3) is 0.786. The lowest BCUT2D eigenvalue weighted by atomic mass is 10.0. The van der Waals surface area contributed by atoms with Gasteiger partial charge in [-0.2, -0.15) is 5.10 Å². The molecule has 1 unspecified atom stereocenters. The van der Waals surface area contributed by atoms with Crippen LogP contribution in [0.3, 0.4) is 0 Å². The van der Waals surface area contributed by atoms with E-state index in [1.165, 1.54) is 0 Å². The van der Waals surface area contributed by atoms with E-state index in [2.05, 4.69) is 38.1 Å². The van der Waals surface area contributed by atoms with Gasteiger partial charge in [0.2, 0.25) is 0 Å². The zero-order valence-electron chi connectivity index (χ0n) is 12.7. The van der Waals surface area contributed by atoms with Gasteiger partial charge in [0, 0.05) is 12.6 Å². The number of ether oxygens (including phenoxy) is 1. The zero-order chi connectivity index (χ0) is 14.5. The fourth-order valence-corrected chi connectivity index (χ4v) is 2.06. The van der Waals surface area contributed by atoms with Crippen LogP contribution in [-0.2, 0) is 17.7 Å². The molecule has 0 bridgehead atoms. The number of rotatable bonds is 7. The highest BCUT2D eigenvalue weighted by molar-refractivity contribution is 6.31. The Morgan fingerprint density at radius 2 is 2.16 bits per heavy atom. The summed E-state index contributed by atoms with van der Waals surface area (Å²) in [7, 11) is 1.70. The lowest BCUT2D eigenvalue weighted by Crippen LogP contribution is -2.39. The van der Waals surface area contributed by atoms with E-state index >= 15 is 0 Å². The van der Waals surface area contributed by atoms with Crippen molar-refractivity contribution < 1.29 is 4.74 Å². The molecule has 0 radical (unpaired) electrons. The third-order valence-corrected chi connectivity index (χ3v) is 3.24. The fourth-order valence-electron chi connectivity index (χ4n) is 1.84. The van der Waals surface area contributed by atoms with Crippen LogP contribution in [0.25, 0.3) is 0 Å². The number of nitrogens with zero attached hydrogens (tertiary/aromatic N) is 2. The Bertz CT molecular complexity index is 385. The first-order chi connectivity index (χ1) is 8.83. The molecule has 0 amide bonds. The summed E-state index contributed by atoms with van der Waals surface area (Å²) in [5.74, 6) is 0.509. The molecule has 0 saturated heterocycles. The van der Waals surface area contributed by atoms with Gasteiger partial charge in [0.25, 0.3) is 0 Å². The van der Waals surface area contributed by atoms with Gasteiger partial charge in [0.05, 0.1) is 30.1 Å². The summed E-state index contributed by atoms with van der Waals surface area (Å²) in [5, 5.41) is 8.57. The Kier molecular flexibility index (Phi) is 6.30. The van der Waals surface area contributed by atoms with Gasteiger partial charge in [-0.05, 0) is 39.7 Å². The van der Waals surface area contributed by atoms with E-state index in [1.54, 1.807) is 13.3 Å². The minimum atomic E-state index is 0.147. The monoisotopic (exact) mass is 287 g/mol. The van der Waals surface area contributed by atoms with Gasteiger partial charge in [-0.1, -0.05) is 18.5 Å². The summed E-state index contributed by atoms with van der Waals surface area (Å²) in [6, 6.07) is 0. The quantitative estimate of drug-likeness (QED) is 0.838. The van der Waals surface area contributed by atoms with Crippen molar-refractivity contribution in [2.75, 3.05) is 20.3 Å². The number of hydrogen-bond donors (Lipinski definition) is 1. The third kappa shape index (κ3) is 5.93. The largest absolute Gasteiger partial charge is 0.383 e. The second-order valence-electron chi connectivity index (χ2n) is 6.10. The Balaban J connectivity index is 2.57. The molecule has 0 fully saturated rings. The van der Waals surface area contributed by atoms with Crippen LogP contribution in [0.4, 0.5) is 0 Å². The molecule has 1 N–H and O–H groups in total. The molecule has 1 aromatic rings. The van der Waals surface area contributed by atoms with E-state index in [9.17, 15) is 0 Å². The second-order valence-corrected chi connectivity index (χ2v) is 6.50. The average Bonchev–Trinajstić information content (AvgIpc) is 2.65. The van der Waals surface area contributed by atoms with Crippen molar-refractivity contribution in [3.05, 3.63) is 16.9 Å². The van der Waals surface area contributed by atoms with Gasteiger partial charge in [-0.15, -0.1) is 0 Å². The van der Waals surface area contributed by atoms with Crippen LogP contribution in [0.15, 0.2) is 6.20 Å². The minimum absolute atomic E-state index is 0.147. The maximum Gasteiger partial charge on any atom is 0.0817 e. The lowest BCUT2D eigenvalue weighted by Gasteiger charge is -2.23. The van der Waals surface area contributed by atoms with Crippen molar-refractivity contribution >= 4 is 11.6 Å². The SMILES string of the molecule is COCCn1ncc(Cl)c1CC(C)CNC(C)(C)C. The van der Waals surface area contributed by atoms with E-state index in [4.69, 9.17) is 16.3 Å². The molecule has 110 valence electrons. The second kappa shape index (κ2) is 7.27. The lowest BCUT2D eigenvalue weighted by molar-refractivity contribution is 0.182. The van der Waals surface area contributed by atoms with Crippen molar-refractivity contribution in [3.63, 3.8) is 0 Å². The summed E-state index contributed by atoms with van der Waals surface area (Å²) in [6.45, 7) is 11.1. The molecular weight excluding hydrogens is 262 g/mol. The molecule has 19 heavy (non-hydrogen) atoms. The predicted molar refractivity (Wildman–Crippen MR) is 79.7 cm³/mol. The first-order valence-electron chi connectivity index (χ1n) is 6.77. The van der Waals surface area contributed by atoms with Gasteiger partial charge in [0.1, 0.15) is 0 Å². The average molecular weight is 288 g/mol. The van der Waals surface area contributed by atoms with Gasteiger partial charge in [-0.25, -0.2) is 0 Å². The molecule has 0 aliphatic carbocycles. The normalized spacial score (nSPS) is 13.8. The molecule has 0 aliphatic rings. The maximum atomic E-state index is 6.21. The molecule has 4 nitrogen and oxygen atoms in total. The molecule has 1 aromatic heterocycles. The Morgan fingerprint density at radius 3 is 2.74 bits per heavy atom. The van der Waals surface area contributed by atoms with Crippen LogP contribution in [0.2, 0.25) is 5.02 Å². The van der Waals surface area contributed by atoms with Crippen LogP contribution >= 0.6 is 11.6 Å². The van der Waals surface area contributed by atoms with Gasteiger partial charge >= 0.3 is 0 Å². The summed E-state index contributed by atoms with van der Waals surface area (Å²) < 4.78 is 7.03. The minimum Gasteiger partial charge on any atom is -0.383 e. The molecule has 0 saturated carbocycles. The van der Waals surface area contributed by atoms with Crippen molar-refractivity contribution in [3.8, 4) is 0 Å². The highest BCUT2D eigenvalue weighted by Gasteiger charge is 2.15. The van der Waals surface area contributed by atoms with Crippen molar-refractivity contribution in [2.45, 2.75) is 46.2 Å². The predicted octanol–water partition coefficient (Wildman–Crippen LogP) is 2.75. The molecule has 1 heterocycles. The highest BCUT2D eigenvalue weighted by Crippen LogP contribution is 2.19. The van der Waals surface area contributed by atoms with Crippen LogP contribution in [-0.4, -0.2) is 35.6 Å². The number of aromatic nitrogens is 2. The van der Waals surface area contributed by atoms with E-state index in [0.717, 1.165) is 30.2 Å². The summed E-state index contributed by atoms with van der Waals surface area (Å²) in [6.07, 6.45) is 2.64. The highest BCUT2D eigenvalue weighted by atomic mass is 35.5. The van der Waals surface area contributed by atoms with E-state index in [0.29, 0.717) is 12.5 Å². The van der Waals surface area contributed by atoms with Crippen molar-refractivity contribution in [2.24, 2.45) is 5.92 Å². The Hall–Kier alpha value is -0.580. The number of hydrogen-bond acceptors (Lipinski definition) is 3.